The molecular formula is C30H33N5O5. The molecule has 10 heteroatoms. The van der Waals surface area contributed by atoms with Crippen molar-refractivity contribution < 1.29 is 18.7 Å². The van der Waals surface area contributed by atoms with Crippen molar-refractivity contribution in [3.63, 3.8) is 0 Å². The van der Waals surface area contributed by atoms with Crippen LogP contribution in [0.1, 0.15) is 43.5 Å². The monoisotopic (exact) mass is 543 g/mol. The minimum absolute atomic E-state index is 0.00846. The largest absolute Gasteiger partial charge is 0.444 e. The van der Waals surface area contributed by atoms with Crippen LogP contribution in [0.25, 0.3) is 10.9 Å². The zero-order valence-electron chi connectivity index (χ0n) is 23.2. The van der Waals surface area contributed by atoms with E-state index in [0.717, 1.165) is 11.3 Å². The SMILES string of the molecule is Cc1c(NC(=O)OC(C)(C)C)ccc2nc(NCC(C(=O)N(C)Cc3ccccn3)c3ccccc3)oc(=O)c12. The van der Waals surface area contributed by atoms with Crippen molar-refractivity contribution in [1.82, 2.24) is 14.9 Å². The summed E-state index contributed by atoms with van der Waals surface area (Å²) in [6, 6.07) is 18.2. The van der Waals surface area contributed by atoms with Gasteiger partial charge in [-0.2, -0.15) is 4.98 Å². The first-order chi connectivity index (χ1) is 19.0. The van der Waals surface area contributed by atoms with Crippen molar-refractivity contribution in [2.45, 2.75) is 45.8 Å². The number of pyridine rings is 1. The molecule has 2 N–H and O–H groups in total. The second-order valence-corrected chi connectivity index (χ2v) is 10.4. The van der Waals surface area contributed by atoms with Crippen LogP contribution >= 0.6 is 0 Å². The van der Waals surface area contributed by atoms with Crippen LogP contribution in [0.15, 0.2) is 76.1 Å². The number of nitrogens with zero attached hydrogens (tertiary/aromatic N) is 3. The average molecular weight is 544 g/mol. The number of likely N-dealkylation sites (N-methyl/N-ethyl adjacent to an activating group) is 1. The molecule has 1 atom stereocenters. The summed E-state index contributed by atoms with van der Waals surface area (Å²) in [6.45, 7) is 7.49. The van der Waals surface area contributed by atoms with Gasteiger partial charge in [0, 0.05) is 25.5 Å². The predicted octanol–water partition coefficient (Wildman–Crippen LogP) is 5.09. The Labute approximate surface area is 232 Å². The third-order valence-corrected chi connectivity index (χ3v) is 6.15. The number of aryl methyl sites for hydroxylation is 1. The number of nitrogens with one attached hydrogen (secondary N) is 2. The van der Waals surface area contributed by atoms with E-state index >= 15 is 0 Å². The van der Waals surface area contributed by atoms with Gasteiger partial charge in [-0.15, -0.1) is 0 Å². The third kappa shape index (κ3) is 7.02. The number of benzene rings is 2. The fourth-order valence-electron chi connectivity index (χ4n) is 4.24. The summed E-state index contributed by atoms with van der Waals surface area (Å²) >= 11 is 0. The second kappa shape index (κ2) is 12.0. The van der Waals surface area contributed by atoms with Gasteiger partial charge in [0.2, 0.25) is 5.91 Å². The van der Waals surface area contributed by atoms with E-state index in [9.17, 15) is 14.4 Å². The Kier molecular flexibility index (Phi) is 8.47. The Bertz CT molecular complexity index is 1550. The fourth-order valence-corrected chi connectivity index (χ4v) is 4.24. The van der Waals surface area contributed by atoms with Gasteiger partial charge in [0.25, 0.3) is 6.01 Å². The summed E-state index contributed by atoms with van der Waals surface area (Å²) in [7, 11) is 1.73. The summed E-state index contributed by atoms with van der Waals surface area (Å²) in [5, 5.41) is 5.95. The highest BCUT2D eigenvalue weighted by Crippen LogP contribution is 2.25. The van der Waals surface area contributed by atoms with E-state index in [1.807, 2.05) is 48.5 Å². The van der Waals surface area contributed by atoms with Gasteiger partial charge in [0.05, 0.1) is 29.1 Å². The Morgan fingerprint density at radius 1 is 1.05 bits per heavy atom. The highest BCUT2D eigenvalue weighted by Gasteiger charge is 2.25. The molecule has 0 aliphatic heterocycles. The maximum Gasteiger partial charge on any atom is 0.412 e. The molecule has 4 rings (SSSR count). The maximum absolute atomic E-state index is 13.5. The topological polar surface area (TPSA) is 127 Å². The molecule has 0 spiro atoms. The van der Waals surface area contributed by atoms with E-state index in [1.165, 1.54) is 0 Å². The molecule has 0 aliphatic carbocycles. The lowest BCUT2D eigenvalue weighted by Crippen LogP contribution is -2.35. The predicted molar refractivity (Wildman–Crippen MR) is 153 cm³/mol. The molecule has 0 saturated carbocycles. The molecule has 2 aromatic heterocycles. The zero-order valence-corrected chi connectivity index (χ0v) is 23.2. The van der Waals surface area contributed by atoms with E-state index in [4.69, 9.17) is 9.15 Å². The van der Waals surface area contributed by atoms with Crippen LogP contribution in [0.3, 0.4) is 0 Å². The Balaban J connectivity index is 1.55. The Hall–Kier alpha value is -4.73. The first-order valence-electron chi connectivity index (χ1n) is 12.9. The minimum Gasteiger partial charge on any atom is -0.444 e. The summed E-state index contributed by atoms with van der Waals surface area (Å²) in [5.74, 6) is -0.693. The molecule has 208 valence electrons. The number of rotatable bonds is 8. The van der Waals surface area contributed by atoms with E-state index in [-0.39, 0.29) is 23.9 Å². The number of aromatic nitrogens is 2. The van der Waals surface area contributed by atoms with Gasteiger partial charge < -0.3 is 19.4 Å². The van der Waals surface area contributed by atoms with Crippen molar-refractivity contribution in [3.05, 3.63) is 94.1 Å². The van der Waals surface area contributed by atoms with E-state index in [2.05, 4.69) is 20.6 Å². The van der Waals surface area contributed by atoms with Crippen LogP contribution in [0.4, 0.5) is 16.5 Å². The molecule has 0 saturated heterocycles. The molecule has 40 heavy (non-hydrogen) atoms. The first kappa shape index (κ1) is 28.3. The van der Waals surface area contributed by atoms with E-state index in [0.29, 0.717) is 23.3 Å². The van der Waals surface area contributed by atoms with Gasteiger partial charge in [-0.1, -0.05) is 36.4 Å². The fraction of sp³-hybridized carbons (Fsp3) is 0.300. The van der Waals surface area contributed by atoms with Gasteiger partial charge in [0.1, 0.15) is 5.60 Å². The lowest BCUT2D eigenvalue weighted by atomic mass is 9.97. The molecule has 2 heterocycles. The number of amides is 2. The quantitative estimate of drug-likeness (QED) is 0.315. The first-order valence-corrected chi connectivity index (χ1v) is 12.9. The molecular weight excluding hydrogens is 510 g/mol. The molecule has 2 aromatic carbocycles. The molecule has 1 unspecified atom stereocenters. The average Bonchev–Trinajstić information content (AvgIpc) is 2.90. The van der Waals surface area contributed by atoms with Crippen LogP contribution in [-0.4, -0.2) is 46.1 Å². The number of hydrogen-bond acceptors (Lipinski definition) is 8. The van der Waals surface area contributed by atoms with E-state index < -0.39 is 23.2 Å². The normalized spacial score (nSPS) is 12.0. The maximum atomic E-state index is 13.5. The highest BCUT2D eigenvalue weighted by molar-refractivity contribution is 5.93. The molecule has 0 aliphatic rings. The zero-order chi connectivity index (χ0) is 28.9. The number of carbonyl (C=O) groups is 2. The number of hydrogen-bond donors (Lipinski definition) is 2. The smallest absolute Gasteiger partial charge is 0.412 e. The highest BCUT2D eigenvalue weighted by atomic mass is 16.6. The Morgan fingerprint density at radius 3 is 2.45 bits per heavy atom. The van der Waals surface area contributed by atoms with Gasteiger partial charge in [-0.3, -0.25) is 15.1 Å². The van der Waals surface area contributed by atoms with Crippen molar-refractivity contribution in [1.29, 1.82) is 0 Å². The van der Waals surface area contributed by atoms with Crippen LogP contribution in [-0.2, 0) is 16.1 Å². The molecule has 2 amide bonds. The summed E-state index contributed by atoms with van der Waals surface area (Å²) in [5.41, 5.74) is 1.61. The minimum atomic E-state index is -0.664. The van der Waals surface area contributed by atoms with Crippen LogP contribution < -0.4 is 16.3 Å². The Morgan fingerprint density at radius 2 is 1.77 bits per heavy atom. The molecule has 0 radical (unpaired) electrons. The van der Waals surface area contributed by atoms with Gasteiger partial charge in [0.15, 0.2) is 0 Å². The summed E-state index contributed by atoms with van der Waals surface area (Å²) in [4.78, 5) is 49.1. The van der Waals surface area contributed by atoms with Gasteiger partial charge in [-0.05, 0) is 63.1 Å². The number of carbonyl (C=O) groups excluding carboxylic acids is 2. The molecule has 4 aromatic rings. The number of ether oxygens (including phenoxy) is 1. The molecule has 0 fully saturated rings. The van der Waals surface area contributed by atoms with Crippen molar-refractivity contribution in [2.75, 3.05) is 24.2 Å². The molecule has 10 nitrogen and oxygen atoms in total. The number of fused-ring (bicyclic) bond motifs is 1. The third-order valence-electron chi connectivity index (χ3n) is 6.15. The van der Waals surface area contributed by atoms with Gasteiger partial charge >= 0.3 is 11.7 Å². The van der Waals surface area contributed by atoms with Crippen molar-refractivity contribution in [3.8, 4) is 0 Å². The molecule has 0 bridgehead atoms. The van der Waals surface area contributed by atoms with Crippen LogP contribution in [0.5, 0.6) is 0 Å². The lowest BCUT2D eigenvalue weighted by molar-refractivity contribution is -0.131. The van der Waals surface area contributed by atoms with Crippen LogP contribution in [0.2, 0.25) is 0 Å². The lowest BCUT2D eigenvalue weighted by Gasteiger charge is -2.24. The van der Waals surface area contributed by atoms with E-state index in [1.54, 1.807) is 58.0 Å². The summed E-state index contributed by atoms with van der Waals surface area (Å²) in [6.07, 6.45) is 1.06. The standard InChI is InChI=1S/C30H33N5O5/c1-19-23(34-29(38)40-30(2,3)4)14-15-24-25(19)27(37)39-28(33-24)32-17-22(20-11-7-6-8-12-20)26(36)35(5)18-21-13-9-10-16-31-21/h6-16,22H,17-18H2,1-5H3,(H,32,33)(H,34,38). The van der Waals surface area contributed by atoms with Gasteiger partial charge in [-0.25, -0.2) is 9.59 Å². The number of anilines is 2. The van der Waals surface area contributed by atoms with Crippen LogP contribution in [0, 0.1) is 6.92 Å². The summed E-state index contributed by atoms with van der Waals surface area (Å²) < 4.78 is 10.8. The van der Waals surface area contributed by atoms with Crippen molar-refractivity contribution >= 4 is 34.6 Å². The second-order valence-electron chi connectivity index (χ2n) is 10.4. The van der Waals surface area contributed by atoms with Crippen molar-refractivity contribution in [2.24, 2.45) is 0 Å².